The molecule has 23 heavy (non-hydrogen) atoms. The van der Waals surface area contributed by atoms with Gasteiger partial charge in [0.25, 0.3) is 0 Å². The maximum Gasteiger partial charge on any atom is 0.355 e. The average Bonchev–Trinajstić information content (AvgIpc) is 3.11. The molecule has 3 aromatic rings. The van der Waals surface area contributed by atoms with Gasteiger partial charge in [-0.3, -0.25) is 4.79 Å². The van der Waals surface area contributed by atoms with Gasteiger partial charge in [-0.25, -0.2) is 13.6 Å². The molecule has 0 bridgehead atoms. The molecule has 8 heteroatoms. The first-order valence-electron chi connectivity index (χ1n) is 6.55. The molecule has 0 amide bonds. The van der Waals surface area contributed by atoms with Crippen LogP contribution in [0.2, 0.25) is 0 Å². The van der Waals surface area contributed by atoms with Crippen LogP contribution in [0.15, 0.2) is 28.8 Å². The van der Waals surface area contributed by atoms with Gasteiger partial charge in [0.1, 0.15) is 11.5 Å². The molecule has 0 aliphatic heterocycles. The topological polar surface area (TPSA) is 85.2 Å². The molecule has 2 heterocycles. The molecular formula is C15H10F2N2O4. The van der Waals surface area contributed by atoms with Crippen LogP contribution < -0.4 is 0 Å². The molecule has 0 spiro atoms. The molecule has 0 fully saturated rings. The number of ether oxygens (including phenoxy) is 1. The van der Waals surface area contributed by atoms with Crippen LogP contribution in [0.3, 0.4) is 0 Å². The summed E-state index contributed by atoms with van der Waals surface area (Å²) in [5.74, 6) is -2.94. The highest BCUT2D eigenvalue weighted by Gasteiger charge is 2.17. The lowest BCUT2D eigenvalue weighted by Gasteiger charge is -2.00. The summed E-state index contributed by atoms with van der Waals surface area (Å²) in [6.45, 7) is 1.10. The SMILES string of the molecule is Cc1cc(C(=O)COC(=O)c2cc3cc(F)c(F)cc3[nH]2)no1. The predicted octanol–water partition coefficient (Wildman–Crippen LogP) is 2.78. The number of carbonyl (C=O) groups excluding carboxylic acids is 2. The number of rotatable bonds is 4. The van der Waals surface area contributed by atoms with E-state index >= 15 is 0 Å². The van der Waals surface area contributed by atoms with Crippen molar-refractivity contribution in [2.45, 2.75) is 6.92 Å². The number of H-pyrrole nitrogens is 1. The molecule has 3 rings (SSSR count). The molecule has 6 nitrogen and oxygen atoms in total. The largest absolute Gasteiger partial charge is 0.453 e. The number of benzene rings is 1. The fourth-order valence-corrected chi connectivity index (χ4v) is 2.02. The van der Waals surface area contributed by atoms with Crippen molar-refractivity contribution < 1.29 is 27.6 Å². The number of aromatic nitrogens is 2. The maximum absolute atomic E-state index is 13.1. The second-order valence-electron chi connectivity index (χ2n) is 4.86. The van der Waals surface area contributed by atoms with Crippen molar-refractivity contribution in [3.05, 3.63) is 53.0 Å². The third kappa shape index (κ3) is 2.96. The number of Topliss-reactive ketones (excluding diaryl/α,β-unsaturated/α-hetero) is 1. The van der Waals surface area contributed by atoms with E-state index in [0.717, 1.165) is 12.1 Å². The third-order valence-corrected chi connectivity index (χ3v) is 3.13. The standard InChI is InChI=1S/C15H10F2N2O4/c1-7-2-12(19-23-7)14(20)6-22-15(21)13-4-8-3-9(16)10(17)5-11(8)18-13/h2-5,18H,6H2,1H3. The normalized spacial score (nSPS) is 10.9. The summed E-state index contributed by atoms with van der Waals surface area (Å²) in [5.41, 5.74) is 0.277. The monoisotopic (exact) mass is 320 g/mol. The number of carbonyl (C=O) groups is 2. The van der Waals surface area contributed by atoms with E-state index in [1.165, 1.54) is 12.1 Å². The van der Waals surface area contributed by atoms with Crippen molar-refractivity contribution in [3.63, 3.8) is 0 Å². The van der Waals surface area contributed by atoms with E-state index in [9.17, 15) is 18.4 Å². The molecule has 0 saturated carbocycles. The highest BCUT2D eigenvalue weighted by atomic mass is 19.2. The lowest BCUT2D eigenvalue weighted by Crippen LogP contribution is -2.14. The van der Waals surface area contributed by atoms with Crippen LogP contribution in [0, 0.1) is 18.6 Å². The van der Waals surface area contributed by atoms with E-state index in [1.807, 2.05) is 0 Å². The van der Waals surface area contributed by atoms with Gasteiger partial charge >= 0.3 is 5.97 Å². The summed E-state index contributed by atoms with van der Waals surface area (Å²) in [4.78, 5) is 26.2. The zero-order chi connectivity index (χ0) is 16.6. The average molecular weight is 320 g/mol. The molecule has 2 aromatic heterocycles. The minimum atomic E-state index is -1.03. The van der Waals surface area contributed by atoms with Crippen LogP contribution in [0.25, 0.3) is 10.9 Å². The molecule has 0 aliphatic carbocycles. The summed E-state index contributed by atoms with van der Waals surface area (Å²) in [6, 6.07) is 4.63. The van der Waals surface area contributed by atoms with Crippen molar-refractivity contribution in [1.29, 1.82) is 0 Å². The van der Waals surface area contributed by atoms with Crippen LogP contribution in [-0.2, 0) is 4.74 Å². The molecule has 0 atom stereocenters. The number of hydrogen-bond acceptors (Lipinski definition) is 5. The van der Waals surface area contributed by atoms with E-state index in [0.29, 0.717) is 11.1 Å². The van der Waals surface area contributed by atoms with Crippen LogP contribution in [0.4, 0.5) is 8.78 Å². The zero-order valence-electron chi connectivity index (χ0n) is 11.9. The van der Waals surface area contributed by atoms with E-state index in [1.54, 1.807) is 6.92 Å². The van der Waals surface area contributed by atoms with Gasteiger partial charge < -0.3 is 14.2 Å². The Kier molecular flexibility index (Phi) is 3.65. The minimum Gasteiger partial charge on any atom is -0.453 e. The second kappa shape index (κ2) is 5.64. The van der Waals surface area contributed by atoms with Crippen molar-refractivity contribution in [2.24, 2.45) is 0 Å². The Morgan fingerprint density at radius 1 is 1.22 bits per heavy atom. The van der Waals surface area contributed by atoms with Gasteiger partial charge in [-0.1, -0.05) is 5.16 Å². The first-order valence-corrected chi connectivity index (χ1v) is 6.55. The van der Waals surface area contributed by atoms with Crippen molar-refractivity contribution in [3.8, 4) is 0 Å². The number of ketones is 1. The summed E-state index contributed by atoms with van der Waals surface area (Å²) >= 11 is 0. The smallest absolute Gasteiger partial charge is 0.355 e. The lowest BCUT2D eigenvalue weighted by molar-refractivity contribution is 0.0467. The lowest BCUT2D eigenvalue weighted by atomic mass is 10.2. The van der Waals surface area contributed by atoms with Gasteiger partial charge in [0.2, 0.25) is 5.78 Å². The van der Waals surface area contributed by atoms with Crippen molar-refractivity contribution >= 4 is 22.7 Å². The van der Waals surface area contributed by atoms with E-state index < -0.39 is 30.0 Å². The Morgan fingerprint density at radius 3 is 2.65 bits per heavy atom. The number of fused-ring (bicyclic) bond motifs is 1. The van der Waals surface area contributed by atoms with Gasteiger partial charge in [-0.05, 0) is 19.1 Å². The Morgan fingerprint density at radius 2 is 1.96 bits per heavy atom. The molecule has 0 saturated heterocycles. The highest BCUT2D eigenvalue weighted by Crippen LogP contribution is 2.19. The van der Waals surface area contributed by atoms with Crippen molar-refractivity contribution in [1.82, 2.24) is 10.1 Å². The van der Waals surface area contributed by atoms with Crippen LogP contribution in [0.5, 0.6) is 0 Å². The van der Waals surface area contributed by atoms with E-state index in [-0.39, 0.29) is 16.9 Å². The Hall–Kier alpha value is -3.03. The summed E-state index contributed by atoms with van der Waals surface area (Å²) in [5, 5.41) is 3.83. The summed E-state index contributed by atoms with van der Waals surface area (Å²) < 4.78 is 35.9. The summed E-state index contributed by atoms with van der Waals surface area (Å²) in [7, 11) is 0. The van der Waals surface area contributed by atoms with Gasteiger partial charge in [0, 0.05) is 23.0 Å². The van der Waals surface area contributed by atoms with Crippen LogP contribution in [0.1, 0.15) is 26.7 Å². The quantitative estimate of drug-likeness (QED) is 0.590. The Labute approximate surface area is 128 Å². The number of aromatic amines is 1. The van der Waals surface area contributed by atoms with Crippen LogP contribution in [-0.4, -0.2) is 28.5 Å². The number of esters is 1. The molecule has 118 valence electrons. The minimum absolute atomic E-state index is 0.0193. The first kappa shape index (κ1) is 14.9. The molecule has 1 N–H and O–H groups in total. The first-order chi connectivity index (χ1) is 10.9. The number of halogens is 2. The molecular weight excluding hydrogens is 310 g/mol. The number of hydrogen-bond donors (Lipinski definition) is 1. The maximum atomic E-state index is 13.1. The van der Waals surface area contributed by atoms with Gasteiger partial charge in [0.05, 0.1) is 0 Å². The fraction of sp³-hybridized carbons (Fsp3) is 0.133. The molecule has 0 unspecified atom stereocenters. The number of aryl methyl sites for hydroxylation is 1. The molecule has 1 aromatic carbocycles. The van der Waals surface area contributed by atoms with Crippen molar-refractivity contribution in [2.75, 3.05) is 6.61 Å². The van der Waals surface area contributed by atoms with E-state index in [4.69, 9.17) is 9.26 Å². The number of nitrogens with one attached hydrogen (secondary N) is 1. The van der Waals surface area contributed by atoms with Gasteiger partial charge in [-0.2, -0.15) is 0 Å². The molecule has 0 radical (unpaired) electrons. The predicted molar refractivity (Wildman–Crippen MR) is 74.1 cm³/mol. The zero-order valence-corrected chi connectivity index (χ0v) is 11.9. The number of nitrogens with zero attached hydrogens (tertiary/aromatic N) is 1. The fourth-order valence-electron chi connectivity index (χ4n) is 2.02. The highest BCUT2D eigenvalue weighted by molar-refractivity contribution is 5.99. The summed E-state index contributed by atoms with van der Waals surface area (Å²) in [6.07, 6.45) is 0. The van der Waals surface area contributed by atoms with E-state index in [2.05, 4.69) is 10.1 Å². The molecule has 0 aliphatic rings. The van der Waals surface area contributed by atoms with Crippen LogP contribution >= 0.6 is 0 Å². The van der Waals surface area contributed by atoms with Gasteiger partial charge in [0.15, 0.2) is 23.9 Å². The Balaban J connectivity index is 1.72. The Bertz CT molecular complexity index is 874. The third-order valence-electron chi connectivity index (χ3n) is 3.13. The van der Waals surface area contributed by atoms with Gasteiger partial charge in [-0.15, -0.1) is 0 Å². The second-order valence-corrected chi connectivity index (χ2v) is 4.86.